The Morgan fingerprint density at radius 2 is 1.76 bits per heavy atom. The molecule has 0 radical (unpaired) electrons. The van der Waals surface area contributed by atoms with Crippen LogP contribution >= 0.6 is 11.6 Å². The maximum atomic E-state index is 12.9. The Kier molecular flexibility index (Phi) is 5.72. The maximum absolute atomic E-state index is 12.9. The van der Waals surface area contributed by atoms with Crippen molar-refractivity contribution in [3.05, 3.63) is 93.9 Å². The van der Waals surface area contributed by atoms with Crippen molar-refractivity contribution < 1.29 is 9.53 Å². The smallest absolute Gasteiger partial charge is 0.310 e. The van der Waals surface area contributed by atoms with Gasteiger partial charge in [0.1, 0.15) is 0 Å². The number of halogens is 1. The number of hydrogen-bond donors (Lipinski definition) is 1. The molecule has 0 aliphatic heterocycles. The molecule has 3 aromatic carbocycles. The number of benzene rings is 3. The van der Waals surface area contributed by atoms with Gasteiger partial charge in [0.15, 0.2) is 0 Å². The molecule has 5 aromatic rings. The summed E-state index contributed by atoms with van der Waals surface area (Å²) in [7, 11) is 2.02. The zero-order valence-corrected chi connectivity index (χ0v) is 19.6. The lowest BCUT2D eigenvalue weighted by atomic mass is 9.99. The van der Waals surface area contributed by atoms with Crippen molar-refractivity contribution in [1.82, 2.24) is 9.55 Å². The Morgan fingerprint density at radius 3 is 2.59 bits per heavy atom. The molecule has 2 aromatic heterocycles. The van der Waals surface area contributed by atoms with Gasteiger partial charge in [-0.1, -0.05) is 48.0 Å². The van der Waals surface area contributed by atoms with E-state index < -0.39 is 0 Å². The van der Waals surface area contributed by atoms with Gasteiger partial charge in [0.25, 0.3) is 5.56 Å². The highest BCUT2D eigenvalue weighted by Gasteiger charge is 2.12. The van der Waals surface area contributed by atoms with Gasteiger partial charge in [-0.3, -0.25) is 9.59 Å². The van der Waals surface area contributed by atoms with E-state index in [1.807, 2.05) is 49.6 Å². The minimum absolute atomic E-state index is 0.161. The quantitative estimate of drug-likeness (QED) is 0.315. The van der Waals surface area contributed by atoms with E-state index >= 15 is 0 Å². The van der Waals surface area contributed by atoms with E-state index in [1.165, 1.54) is 0 Å². The first-order valence-electron chi connectivity index (χ1n) is 11.1. The maximum Gasteiger partial charge on any atom is 0.310 e. The Balaban J connectivity index is 1.59. The lowest BCUT2D eigenvalue weighted by Crippen LogP contribution is -2.10. The number of esters is 1. The summed E-state index contributed by atoms with van der Waals surface area (Å²) in [5.41, 5.74) is 5.55. The molecule has 0 bridgehead atoms. The number of aromatic nitrogens is 2. The van der Waals surface area contributed by atoms with Crippen LogP contribution in [0.2, 0.25) is 5.02 Å². The number of aryl methyl sites for hydroxylation is 1. The highest BCUT2D eigenvalue weighted by Crippen LogP contribution is 2.34. The molecule has 0 saturated heterocycles. The van der Waals surface area contributed by atoms with Gasteiger partial charge < -0.3 is 14.3 Å². The fourth-order valence-electron chi connectivity index (χ4n) is 4.32. The van der Waals surface area contributed by atoms with Gasteiger partial charge in [-0.15, -0.1) is 0 Å². The van der Waals surface area contributed by atoms with E-state index in [2.05, 4.69) is 33.8 Å². The summed E-state index contributed by atoms with van der Waals surface area (Å²) >= 11 is 6.63. The zero-order valence-electron chi connectivity index (χ0n) is 18.9. The molecule has 0 unspecified atom stereocenters. The number of nitrogens with one attached hydrogen (secondary N) is 1. The Bertz CT molecular complexity index is 1610. The number of fused-ring (bicyclic) bond motifs is 2. The third-order valence-corrected chi connectivity index (χ3v) is 6.34. The first kappa shape index (κ1) is 22.0. The summed E-state index contributed by atoms with van der Waals surface area (Å²) in [5.74, 6) is -0.290. The van der Waals surface area contributed by atoms with Crippen molar-refractivity contribution in [2.45, 2.75) is 13.3 Å². The monoisotopic (exact) mass is 470 g/mol. The second kappa shape index (κ2) is 8.84. The van der Waals surface area contributed by atoms with Crippen molar-refractivity contribution in [2.24, 2.45) is 7.05 Å². The number of ether oxygens (including phenoxy) is 1. The van der Waals surface area contributed by atoms with Crippen LogP contribution in [-0.2, 0) is 23.0 Å². The summed E-state index contributed by atoms with van der Waals surface area (Å²) in [6, 6.07) is 21.4. The van der Waals surface area contributed by atoms with Crippen molar-refractivity contribution in [2.75, 3.05) is 6.61 Å². The van der Waals surface area contributed by atoms with Gasteiger partial charge >= 0.3 is 5.97 Å². The molecule has 2 heterocycles. The molecule has 6 heteroatoms. The zero-order chi connectivity index (χ0) is 23.8. The average molecular weight is 471 g/mol. The van der Waals surface area contributed by atoms with Crippen LogP contribution in [0.5, 0.6) is 0 Å². The number of hydrogen-bond acceptors (Lipinski definition) is 3. The molecule has 0 atom stereocenters. The number of H-pyrrole nitrogens is 1. The summed E-state index contributed by atoms with van der Waals surface area (Å²) in [4.78, 5) is 27.7. The van der Waals surface area contributed by atoms with Crippen molar-refractivity contribution in [3.63, 3.8) is 0 Å². The van der Waals surface area contributed by atoms with Crippen LogP contribution < -0.4 is 5.56 Å². The van der Waals surface area contributed by atoms with Gasteiger partial charge in [-0.25, -0.2) is 0 Å². The predicted molar refractivity (Wildman–Crippen MR) is 137 cm³/mol. The molecule has 0 saturated carbocycles. The lowest BCUT2D eigenvalue weighted by molar-refractivity contribution is -0.142. The Morgan fingerprint density at radius 1 is 0.971 bits per heavy atom. The summed E-state index contributed by atoms with van der Waals surface area (Å²) in [6.45, 7) is 2.12. The SMILES string of the molecule is CCOC(=O)Cc1cccc(-c2cc3cc(-c4ccc5ccn(C)c5c4)c(Cl)cc3[nH]c2=O)c1. The predicted octanol–water partition coefficient (Wildman–Crippen LogP) is 6.11. The van der Waals surface area contributed by atoms with E-state index in [9.17, 15) is 9.59 Å². The number of aromatic amines is 1. The molecule has 34 heavy (non-hydrogen) atoms. The van der Waals surface area contributed by atoms with Gasteiger partial charge in [0, 0.05) is 35.4 Å². The Hall–Kier alpha value is -3.83. The Labute approximate surface area is 201 Å². The molecule has 170 valence electrons. The second-order valence-electron chi connectivity index (χ2n) is 8.31. The molecule has 1 N–H and O–H groups in total. The molecular weight excluding hydrogens is 448 g/mol. The molecule has 0 aliphatic carbocycles. The van der Waals surface area contributed by atoms with Gasteiger partial charge in [0.05, 0.1) is 18.1 Å². The molecule has 0 fully saturated rings. The third-order valence-electron chi connectivity index (χ3n) is 6.02. The molecule has 0 spiro atoms. The fourth-order valence-corrected chi connectivity index (χ4v) is 4.59. The van der Waals surface area contributed by atoms with E-state index in [1.54, 1.807) is 13.0 Å². The largest absolute Gasteiger partial charge is 0.466 e. The topological polar surface area (TPSA) is 64.1 Å². The first-order chi connectivity index (χ1) is 16.4. The summed E-state index contributed by atoms with van der Waals surface area (Å²) in [6.07, 6.45) is 2.19. The standard InChI is InChI=1S/C28H23ClN2O3/c1-3-34-27(32)12-17-5-4-6-19(11-17)23-14-21-13-22(24(29)16-25(21)30-28(23)33)20-8-7-18-9-10-31(2)26(18)15-20/h4-11,13-16H,3,12H2,1-2H3,(H,30,33). The van der Waals surface area contributed by atoms with Crippen LogP contribution in [-0.4, -0.2) is 22.1 Å². The van der Waals surface area contributed by atoms with E-state index in [0.29, 0.717) is 22.7 Å². The van der Waals surface area contributed by atoms with Crippen molar-refractivity contribution >= 4 is 39.4 Å². The lowest BCUT2D eigenvalue weighted by Gasteiger charge is -2.10. The number of carbonyl (C=O) groups is 1. The van der Waals surface area contributed by atoms with Crippen LogP contribution in [0, 0.1) is 0 Å². The first-order valence-corrected chi connectivity index (χ1v) is 11.5. The van der Waals surface area contributed by atoms with Crippen LogP contribution in [0.3, 0.4) is 0 Å². The molecule has 0 aliphatic rings. The van der Waals surface area contributed by atoms with Crippen LogP contribution in [0.15, 0.2) is 77.7 Å². The molecule has 0 amide bonds. The second-order valence-corrected chi connectivity index (χ2v) is 8.72. The molecular formula is C28H23ClN2O3. The van der Waals surface area contributed by atoms with Gasteiger partial charge in [-0.05, 0) is 64.7 Å². The van der Waals surface area contributed by atoms with Crippen LogP contribution in [0.4, 0.5) is 0 Å². The van der Waals surface area contributed by atoms with Crippen LogP contribution in [0.25, 0.3) is 44.1 Å². The number of carbonyl (C=O) groups excluding carboxylic acids is 1. The van der Waals surface area contributed by atoms with Gasteiger partial charge in [0.2, 0.25) is 0 Å². The normalized spacial score (nSPS) is 11.3. The minimum Gasteiger partial charge on any atom is -0.466 e. The van der Waals surface area contributed by atoms with Crippen molar-refractivity contribution in [1.29, 1.82) is 0 Å². The van der Waals surface area contributed by atoms with E-state index in [4.69, 9.17) is 16.3 Å². The minimum atomic E-state index is -0.290. The van der Waals surface area contributed by atoms with Crippen molar-refractivity contribution in [3.8, 4) is 22.3 Å². The summed E-state index contributed by atoms with van der Waals surface area (Å²) in [5, 5.41) is 2.61. The summed E-state index contributed by atoms with van der Waals surface area (Å²) < 4.78 is 7.12. The number of pyridine rings is 1. The molecule has 5 rings (SSSR count). The highest BCUT2D eigenvalue weighted by molar-refractivity contribution is 6.34. The molecule has 5 nitrogen and oxygen atoms in total. The number of rotatable bonds is 5. The third kappa shape index (κ3) is 4.11. The highest BCUT2D eigenvalue weighted by atomic mass is 35.5. The average Bonchev–Trinajstić information content (AvgIpc) is 3.18. The van der Waals surface area contributed by atoms with Gasteiger partial charge in [-0.2, -0.15) is 0 Å². The van der Waals surface area contributed by atoms with E-state index in [-0.39, 0.29) is 17.9 Å². The van der Waals surface area contributed by atoms with Crippen LogP contribution in [0.1, 0.15) is 12.5 Å². The van der Waals surface area contributed by atoms with E-state index in [0.717, 1.165) is 38.5 Å². The fraction of sp³-hybridized carbons (Fsp3) is 0.143. The number of nitrogens with zero attached hydrogens (tertiary/aromatic N) is 1.